The second kappa shape index (κ2) is 6.04. The van der Waals surface area contributed by atoms with E-state index in [-0.39, 0.29) is 5.91 Å². The molecule has 5 aromatic rings. The minimum Gasteiger partial charge on any atom is -0.436 e. The molecule has 0 N–H and O–H groups in total. The summed E-state index contributed by atoms with van der Waals surface area (Å²) >= 11 is 0. The van der Waals surface area contributed by atoms with E-state index in [1.165, 1.54) is 5.39 Å². The van der Waals surface area contributed by atoms with Gasteiger partial charge in [-0.3, -0.25) is 4.79 Å². The van der Waals surface area contributed by atoms with Gasteiger partial charge in [0.2, 0.25) is 5.89 Å². The molecular formula is C25H16N2O2. The Bertz CT molecular complexity index is 1420. The molecule has 1 aromatic heterocycles. The number of oxazole rings is 1. The maximum absolute atomic E-state index is 12.8. The molecule has 1 amide bonds. The van der Waals surface area contributed by atoms with Gasteiger partial charge >= 0.3 is 0 Å². The van der Waals surface area contributed by atoms with Gasteiger partial charge in [-0.1, -0.05) is 48.5 Å². The SMILES string of the molecule is O=C1c2ccccc2CN1c1ccc2nc(-c3ccc4ccccc4c3)oc2c1. The lowest BCUT2D eigenvalue weighted by Gasteiger charge is -2.15. The smallest absolute Gasteiger partial charge is 0.258 e. The Morgan fingerprint density at radius 3 is 2.55 bits per heavy atom. The van der Waals surface area contributed by atoms with E-state index in [2.05, 4.69) is 29.2 Å². The van der Waals surface area contributed by atoms with Crippen LogP contribution in [-0.4, -0.2) is 10.9 Å². The lowest BCUT2D eigenvalue weighted by atomic mass is 10.1. The summed E-state index contributed by atoms with van der Waals surface area (Å²) in [6.07, 6.45) is 0. The van der Waals surface area contributed by atoms with Crippen molar-refractivity contribution in [2.45, 2.75) is 6.54 Å². The van der Waals surface area contributed by atoms with Gasteiger partial charge in [0.15, 0.2) is 5.58 Å². The van der Waals surface area contributed by atoms with Crippen molar-refractivity contribution in [2.75, 3.05) is 4.90 Å². The predicted molar refractivity (Wildman–Crippen MR) is 114 cm³/mol. The first kappa shape index (κ1) is 16.1. The molecule has 0 atom stereocenters. The fraction of sp³-hybridized carbons (Fsp3) is 0.0400. The monoisotopic (exact) mass is 376 g/mol. The van der Waals surface area contributed by atoms with Gasteiger partial charge in [-0.05, 0) is 46.7 Å². The van der Waals surface area contributed by atoms with Crippen LogP contribution < -0.4 is 4.90 Å². The molecule has 2 heterocycles. The van der Waals surface area contributed by atoms with E-state index in [4.69, 9.17) is 4.42 Å². The number of carbonyl (C=O) groups excluding carboxylic acids is 1. The Morgan fingerprint density at radius 1 is 0.828 bits per heavy atom. The van der Waals surface area contributed by atoms with Gasteiger partial charge in [0.25, 0.3) is 5.91 Å². The summed E-state index contributed by atoms with van der Waals surface area (Å²) < 4.78 is 6.07. The summed E-state index contributed by atoms with van der Waals surface area (Å²) in [5.74, 6) is 0.605. The molecule has 0 saturated carbocycles. The first-order valence-corrected chi connectivity index (χ1v) is 9.56. The third-order valence-electron chi connectivity index (χ3n) is 5.50. The number of anilines is 1. The van der Waals surface area contributed by atoms with Crippen molar-refractivity contribution in [1.29, 1.82) is 0 Å². The van der Waals surface area contributed by atoms with Crippen LogP contribution in [-0.2, 0) is 6.54 Å². The molecule has 29 heavy (non-hydrogen) atoms. The third kappa shape index (κ3) is 2.53. The molecule has 0 bridgehead atoms. The fourth-order valence-electron chi connectivity index (χ4n) is 3.99. The second-order valence-electron chi connectivity index (χ2n) is 7.28. The van der Waals surface area contributed by atoms with Crippen molar-refractivity contribution in [2.24, 2.45) is 0 Å². The molecule has 4 nitrogen and oxygen atoms in total. The highest BCUT2D eigenvalue weighted by Crippen LogP contribution is 2.32. The van der Waals surface area contributed by atoms with E-state index in [0.717, 1.165) is 33.3 Å². The molecule has 0 unspecified atom stereocenters. The van der Waals surface area contributed by atoms with Gasteiger partial charge in [-0.25, -0.2) is 4.98 Å². The number of fused-ring (bicyclic) bond motifs is 3. The predicted octanol–water partition coefficient (Wildman–Crippen LogP) is 5.81. The van der Waals surface area contributed by atoms with Crippen LogP contribution in [0.4, 0.5) is 5.69 Å². The summed E-state index contributed by atoms with van der Waals surface area (Å²) in [5, 5.41) is 2.33. The lowest BCUT2D eigenvalue weighted by molar-refractivity contribution is 0.0996. The molecule has 1 aliphatic heterocycles. The highest BCUT2D eigenvalue weighted by atomic mass is 16.3. The van der Waals surface area contributed by atoms with Gasteiger partial charge in [-0.15, -0.1) is 0 Å². The zero-order chi connectivity index (χ0) is 19.4. The standard InChI is InChI=1S/C25H16N2O2/c28-25-21-8-4-3-7-19(21)15-27(25)20-11-12-22-23(14-20)29-24(26-22)18-10-9-16-5-1-2-6-17(16)13-18/h1-14H,15H2. The van der Waals surface area contributed by atoms with Gasteiger partial charge in [0.05, 0.1) is 6.54 Å². The quantitative estimate of drug-likeness (QED) is 0.391. The molecule has 138 valence electrons. The average molecular weight is 376 g/mol. The van der Waals surface area contributed by atoms with Gasteiger partial charge in [0.1, 0.15) is 5.52 Å². The maximum Gasteiger partial charge on any atom is 0.258 e. The number of aromatic nitrogens is 1. The molecule has 6 rings (SSSR count). The van der Waals surface area contributed by atoms with Crippen LogP contribution >= 0.6 is 0 Å². The molecule has 0 fully saturated rings. The highest BCUT2D eigenvalue weighted by molar-refractivity contribution is 6.10. The number of benzene rings is 4. The number of amides is 1. The van der Waals surface area contributed by atoms with E-state index in [9.17, 15) is 4.79 Å². The van der Waals surface area contributed by atoms with Crippen LogP contribution in [0.2, 0.25) is 0 Å². The summed E-state index contributed by atoms with van der Waals surface area (Å²) in [5.41, 5.74) is 5.02. The molecule has 4 aromatic carbocycles. The molecule has 0 aliphatic carbocycles. The minimum absolute atomic E-state index is 0.0224. The van der Waals surface area contributed by atoms with Crippen LogP contribution in [0.3, 0.4) is 0 Å². The normalized spacial score (nSPS) is 13.4. The molecule has 0 radical (unpaired) electrons. The zero-order valence-electron chi connectivity index (χ0n) is 15.5. The van der Waals surface area contributed by atoms with E-state index < -0.39 is 0 Å². The number of hydrogen-bond acceptors (Lipinski definition) is 3. The van der Waals surface area contributed by atoms with E-state index in [1.807, 2.05) is 60.7 Å². The molecule has 0 saturated heterocycles. The van der Waals surface area contributed by atoms with Crippen molar-refractivity contribution in [3.63, 3.8) is 0 Å². The topological polar surface area (TPSA) is 46.3 Å². The number of carbonyl (C=O) groups is 1. The summed E-state index contributed by atoms with van der Waals surface area (Å²) in [4.78, 5) is 19.2. The maximum atomic E-state index is 12.8. The van der Waals surface area contributed by atoms with Crippen molar-refractivity contribution in [1.82, 2.24) is 4.98 Å². The van der Waals surface area contributed by atoms with E-state index >= 15 is 0 Å². The fourth-order valence-corrected chi connectivity index (χ4v) is 3.99. The van der Waals surface area contributed by atoms with Gasteiger partial charge in [0, 0.05) is 22.9 Å². The van der Waals surface area contributed by atoms with Crippen molar-refractivity contribution in [3.05, 3.63) is 96.1 Å². The summed E-state index contributed by atoms with van der Waals surface area (Å²) in [6, 6.07) is 27.9. The Kier molecular flexibility index (Phi) is 3.35. The van der Waals surface area contributed by atoms with Crippen LogP contribution in [0.15, 0.2) is 89.3 Å². The second-order valence-corrected chi connectivity index (χ2v) is 7.28. The molecular weight excluding hydrogens is 360 g/mol. The Labute approximate surface area is 167 Å². The first-order chi connectivity index (χ1) is 14.3. The minimum atomic E-state index is 0.0224. The average Bonchev–Trinajstić information content (AvgIpc) is 3.34. The Morgan fingerprint density at radius 2 is 1.66 bits per heavy atom. The summed E-state index contributed by atoms with van der Waals surface area (Å²) in [7, 11) is 0. The Balaban J connectivity index is 1.39. The first-order valence-electron chi connectivity index (χ1n) is 9.56. The molecule has 1 aliphatic rings. The van der Waals surface area contributed by atoms with E-state index in [0.29, 0.717) is 18.0 Å². The molecule has 4 heteroatoms. The van der Waals surface area contributed by atoms with Crippen molar-refractivity contribution < 1.29 is 9.21 Å². The highest BCUT2D eigenvalue weighted by Gasteiger charge is 2.28. The largest absolute Gasteiger partial charge is 0.436 e. The number of rotatable bonds is 2. The number of hydrogen-bond donors (Lipinski definition) is 0. The summed E-state index contributed by atoms with van der Waals surface area (Å²) in [6.45, 7) is 0.576. The van der Waals surface area contributed by atoms with Crippen LogP contribution in [0, 0.1) is 0 Å². The van der Waals surface area contributed by atoms with E-state index in [1.54, 1.807) is 4.90 Å². The zero-order valence-corrected chi connectivity index (χ0v) is 15.5. The van der Waals surface area contributed by atoms with Gasteiger partial charge in [-0.2, -0.15) is 0 Å². The lowest BCUT2D eigenvalue weighted by Crippen LogP contribution is -2.22. The Hall–Kier alpha value is -3.92. The third-order valence-corrected chi connectivity index (χ3v) is 5.50. The van der Waals surface area contributed by atoms with Gasteiger partial charge < -0.3 is 9.32 Å². The van der Waals surface area contributed by atoms with Crippen LogP contribution in [0.5, 0.6) is 0 Å². The number of nitrogens with zero attached hydrogens (tertiary/aromatic N) is 2. The van der Waals surface area contributed by atoms with Crippen molar-refractivity contribution >= 4 is 33.5 Å². The van der Waals surface area contributed by atoms with Crippen molar-refractivity contribution in [3.8, 4) is 11.5 Å². The van der Waals surface area contributed by atoms with Crippen LogP contribution in [0.1, 0.15) is 15.9 Å². The van der Waals surface area contributed by atoms with Crippen LogP contribution in [0.25, 0.3) is 33.3 Å². The molecule has 0 spiro atoms.